The molecule has 0 radical (unpaired) electrons. The maximum absolute atomic E-state index is 6.59. The first-order chi connectivity index (χ1) is 16.2. The van der Waals surface area contributed by atoms with Gasteiger partial charge in [-0.3, -0.25) is 0 Å². The van der Waals surface area contributed by atoms with E-state index in [0.29, 0.717) is 0 Å². The number of allylic oxidation sites excluding steroid dienone is 3. The number of hydrogen-bond acceptors (Lipinski definition) is 2. The number of benzene rings is 2. The lowest BCUT2D eigenvalue weighted by Crippen LogP contribution is -2.06. The third-order valence-electron chi connectivity index (χ3n) is 4.82. The molecule has 0 aliphatic carbocycles. The number of nitrogens with two attached hydrogens (primary N) is 1. The molecule has 0 atom stereocenters. The van der Waals surface area contributed by atoms with Crippen molar-refractivity contribution in [2.75, 3.05) is 0 Å². The highest BCUT2D eigenvalue weighted by atomic mass is 35.5. The van der Waals surface area contributed by atoms with Crippen LogP contribution in [0.3, 0.4) is 0 Å². The summed E-state index contributed by atoms with van der Waals surface area (Å²) >= 11 is 8.25. The maximum atomic E-state index is 6.59. The molecule has 0 bridgehead atoms. The fourth-order valence-electron chi connectivity index (χ4n) is 3.32. The molecule has 0 saturated heterocycles. The van der Waals surface area contributed by atoms with E-state index in [1.807, 2.05) is 53.0 Å². The van der Waals surface area contributed by atoms with Crippen LogP contribution in [-0.4, -0.2) is 0 Å². The summed E-state index contributed by atoms with van der Waals surface area (Å²) in [5.74, 6) is 0. The van der Waals surface area contributed by atoms with Crippen molar-refractivity contribution in [3.05, 3.63) is 106 Å². The largest absolute Gasteiger partial charge is 0.398 e. The summed E-state index contributed by atoms with van der Waals surface area (Å²) in [7, 11) is 0. The number of rotatable bonds is 7. The third kappa shape index (κ3) is 10.8. The lowest BCUT2D eigenvalue weighted by Gasteiger charge is -2.18. The van der Waals surface area contributed by atoms with Crippen LogP contribution in [-0.2, 0) is 12.8 Å². The Kier molecular flexibility index (Phi) is 19.2. The Bertz CT molecular complexity index is 954. The van der Waals surface area contributed by atoms with Crippen molar-refractivity contribution in [1.29, 1.82) is 0 Å². The molecule has 0 aliphatic heterocycles. The maximum Gasteiger partial charge on any atom is 0.0444 e. The molecule has 0 amide bonds. The molecule has 0 unspecified atom stereocenters. The van der Waals surface area contributed by atoms with E-state index in [9.17, 15) is 0 Å². The van der Waals surface area contributed by atoms with E-state index in [2.05, 4.69) is 64.8 Å². The summed E-state index contributed by atoms with van der Waals surface area (Å²) < 4.78 is 0. The van der Waals surface area contributed by atoms with Gasteiger partial charge in [0.15, 0.2) is 0 Å². The molecule has 1 nitrogen and oxygen atoms in total. The van der Waals surface area contributed by atoms with Crippen LogP contribution in [0.15, 0.2) is 77.7 Å². The van der Waals surface area contributed by atoms with Crippen molar-refractivity contribution in [3.8, 4) is 0 Å². The number of halogens is 1. The lowest BCUT2D eigenvalue weighted by atomic mass is 9.90. The van der Waals surface area contributed by atoms with Crippen LogP contribution in [0.4, 0.5) is 0 Å². The van der Waals surface area contributed by atoms with Gasteiger partial charge in [-0.05, 0) is 104 Å². The molecule has 3 heteroatoms. The summed E-state index contributed by atoms with van der Waals surface area (Å²) in [5, 5.41) is 2.65. The van der Waals surface area contributed by atoms with E-state index in [1.165, 1.54) is 21.6 Å². The Morgan fingerprint density at radius 2 is 1.53 bits per heavy atom. The topological polar surface area (TPSA) is 26.0 Å². The van der Waals surface area contributed by atoms with E-state index in [1.54, 1.807) is 17.8 Å². The predicted octanol–water partition coefficient (Wildman–Crippen LogP) is 10.5. The van der Waals surface area contributed by atoms with Gasteiger partial charge in [0.2, 0.25) is 0 Å². The molecule has 2 rings (SSSR count). The van der Waals surface area contributed by atoms with Gasteiger partial charge in [0.05, 0.1) is 0 Å². The fourth-order valence-corrected chi connectivity index (χ4v) is 4.14. The number of aryl methyl sites for hydroxylation is 3. The highest BCUT2D eigenvalue weighted by Gasteiger charge is 2.14. The number of thioether (sulfide) groups is 1. The summed E-state index contributed by atoms with van der Waals surface area (Å²) in [6.45, 7) is 29.3. The van der Waals surface area contributed by atoms with Crippen molar-refractivity contribution >= 4 is 28.9 Å². The van der Waals surface area contributed by atoms with E-state index in [0.717, 1.165) is 45.8 Å². The van der Waals surface area contributed by atoms with Gasteiger partial charge < -0.3 is 5.73 Å². The van der Waals surface area contributed by atoms with Gasteiger partial charge >= 0.3 is 0 Å². The summed E-state index contributed by atoms with van der Waals surface area (Å²) in [5.41, 5.74) is 15.0. The van der Waals surface area contributed by atoms with Crippen molar-refractivity contribution < 1.29 is 0 Å². The number of hydrogen-bond donors (Lipinski definition) is 1. The smallest absolute Gasteiger partial charge is 0.0444 e. The summed E-state index contributed by atoms with van der Waals surface area (Å²) in [6.07, 6.45) is 3.54. The normalized spacial score (nSPS) is 10.2. The van der Waals surface area contributed by atoms with Gasteiger partial charge in [-0.15, -0.1) is 6.58 Å². The quantitative estimate of drug-likeness (QED) is 0.233. The zero-order chi connectivity index (χ0) is 26.8. The van der Waals surface area contributed by atoms with E-state index in [4.69, 9.17) is 17.3 Å². The van der Waals surface area contributed by atoms with Crippen molar-refractivity contribution in [1.82, 2.24) is 0 Å². The zero-order valence-electron chi connectivity index (χ0n) is 22.9. The highest BCUT2D eigenvalue weighted by Crippen LogP contribution is 2.32. The monoisotopic (exact) mass is 499 g/mol. The van der Waals surface area contributed by atoms with Gasteiger partial charge in [0.1, 0.15) is 0 Å². The van der Waals surface area contributed by atoms with Gasteiger partial charge in [-0.2, -0.15) is 0 Å². The minimum atomic E-state index is 0.739. The first-order valence-corrected chi connectivity index (χ1v) is 13.3. The predicted molar refractivity (Wildman–Crippen MR) is 161 cm³/mol. The molecular weight excluding hydrogens is 454 g/mol. The standard InChI is InChI=1S/C24H28ClNS.C3H6.2C2H6/c1-7-27-22-13-10-19(14-17(22)5)9-11-20-21(25)12-8-16(4)23(20)18(6)24(26)15(2)3;1-3-2;2*1-2/h7-8,10,12-14H,1-2,9,11,26H2,3-6H3;3H,1H2,2H3;2*1-2H3/b24-18-;;;. The molecule has 0 aliphatic rings. The van der Waals surface area contributed by atoms with Crippen molar-refractivity contribution in [3.63, 3.8) is 0 Å². The Balaban J connectivity index is 0. The molecule has 188 valence electrons. The van der Waals surface area contributed by atoms with E-state index >= 15 is 0 Å². The molecule has 0 saturated carbocycles. The minimum Gasteiger partial charge on any atom is -0.398 e. The third-order valence-corrected chi connectivity index (χ3v) is 6.05. The van der Waals surface area contributed by atoms with Crippen LogP contribution >= 0.6 is 23.4 Å². The van der Waals surface area contributed by atoms with Gasteiger partial charge in [0.25, 0.3) is 0 Å². The second-order valence-electron chi connectivity index (χ2n) is 7.33. The van der Waals surface area contributed by atoms with Crippen molar-refractivity contribution in [2.24, 2.45) is 5.73 Å². The molecule has 0 heterocycles. The average molecular weight is 500 g/mol. The van der Waals surface area contributed by atoms with Crippen LogP contribution in [0.1, 0.15) is 76.3 Å². The molecule has 2 aromatic carbocycles. The Morgan fingerprint density at radius 1 is 0.971 bits per heavy atom. The highest BCUT2D eigenvalue weighted by molar-refractivity contribution is 8.02. The van der Waals surface area contributed by atoms with Crippen LogP contribution in [0.25, 0.3) is 5.57 Å². The van der Waals surface area contributed by atoms with Crippen LogP contribution in [0.2, 0.25) is 5.02 Å². The fraction of sp³-hybridized carbons (Fsp3) is 0.355. The van der Waals surface area contributed by atoms with Gasteiger partial charge in [-0.25, -0.2) is 0 Å². The van der Waals surface area contributed by atoms with Crippen LogP contribution < -0.4 is 5.73 Å². The lowest BCUT2D eigenvalue weighted by molar-refractivity contribution is 0.947. The molecule has 0 spiro atoms. The first-order valence-electron chi connectivity index (χ1n) is 12.0. The molecule has 34 heavy (non-hydrogen) atoms. The minimum absolute atomic E-state index is 0.739. The molecule has 2 aromatic rings. The second-order valence-corrected chi connectivity index (χ2v) is 8.75. The summed E-state index contributed by atoms with van der Waals surface area (Å²) in [4.78, 5) is 1.25. The molecular formula is C31H46ClNS. The average Bonchev–Trinajstić information content (AvgIpc) is 2.83. The zero-order valence-corrected chi connectivity index (χ0v) is 24.5. The summed E-state index contributed by atoms with van der Waals surface area (Å²) in [6, 6.07) is 10.6. The molecule has 0 aromatic heterocycles. The molecule has 2 N–H and O–H groups in total. The van der Waals surface area contributed by atoms with Crippen molar-refractivity contribution in [2.45, 2.75) is 80.1 Å². The Hall–Kier alpha value is -2.16. The van der Waals surface area contributed by atoms with Crippen LogP contribution in [0.5, 0.6) is 0 Å². The Labute approximate surface area is 219 Å². The van der Waals surface area contributed by atoms with Crippen LogP contribution in [0, 0.1) is 13.8 Å². The SMILES string of the molecule is C=CC.C=CSc1ccc(CCc2c(Cl)ccc(C)c2/C(C)=C(\N)C(=C)C)cc1C.CC.CC. The van der Waals surface area contributed by atoms with Gasteiger partial charge in [0, 0.05) is 15.6 Å². The van der Waals surface area contributed by atoms with Gasteiger partial charge in [-0.1, -0.05) is 88.5 Å². The molecule has 0 fully saturated rings. The van der Waals surface area contributed by atoms with E-state index in [-0.39, 0.29) is 0 Å². The van der Waals surface area contributed by atoms with E-state index < -0.39 is 0 Å². The second kappa shape index (κ2) is 19.2. The first kappa shape index (κ1) is 34.0. The Morgan fingerprint density at radius 3 is 2.00 bits per heavy atom.